The summed E-state index contributed by atoms with van der Waals surface area (Å²) in [5.74, 6) is 2.53. The number of nitrogens with zero attached hydrogens (tertiary/aromatic N) is 3. The van der Waals surface area contributed by atoms with E-state index in [1.807, 2.05) is 30.3 Å². The molecule has 1 aromatic rings. The van der Waals surface area contributed by atoms with Gasteiger partial charge in [0.05, 0.1) is 6.61 Å². The Morgan fingerprint density at radius 1 is 1.44 bits per heavy atom. The molecule has 0 aliphatic heterocycles. The Balaban J connectivity index is 2.35. The highest BCUT2D eigenvalue weighted by Gasteiger charge is 2.04. The fourth-order valence-electron chi connectivity index (χ4n) is 1.21. The van der Waals surface area contributed by atoms with Crippen LogP contribution < -0.4 is 0 Å². The second kappa shape index (κ2) is 7.36. The lowest BCUT2D eigenvalue weighted by Gasteiger charge is -2.10. The summed E-state index contributed by atoms with van der Waals surface area (Å²) in [6.07, 6.45) is 5.56. The molecule has 0 aliphatic rings. The van der Waals surface area contributed by atoms with Crippen molar-refractivity contribution in [3.63, 3.8) is 0 Å². The number of ether oxygens (including phenoxy) is 1. The average Bonchev–Trinajstić information content (AvgIpc) is 2.35. The summed E-state index contributed by atoms with van der Waals surface area (Å²) < 4.78 is 5.50. The second-order valence-corrected chi connectivity index (χ2v) is 3.20. The smallest absolute Gasteiger partial charge is 0.118 e. The molecule has 0 aliphatic carbocycles. The van der Waals surface area contributed by atoms with Crippen LogP contribution in [0.2, 0.25) is 0 Å². The molecule has 4 heteroatoms. The maximum absolute atomic E-state index is 8.13. The Labute approximate surface area is 94.9 Å². The van der Waals surface area contributed by atoms with E-state index in [9.17, 15) is 0 Å². The van der Waals surface area contributed by atoms with Crippen LogP contribution >= 0.6 is 0 Å². The highest BCUT2D eigenvalue weighted by Crippen LogP contribution is 2.05. The molecule has 0 spiro atoms. The van der Waals surface area contributed by atoms with E-state index in [0.29, 0.717) is 19.6 Å². The summed E-state index contributed by atoms with van der Waals surface area (Å²) in [4.78, 5) is 2.66. The fourth-order valence-corrected chi connectivity index (χ4v) is 1.21. The molecule has 0 radical (unpaired) electrons. The van der Waals surface area contributed by atoms with Crippen LogP contribution in [0.5, 0.6) is 0 Å². The van der Waals surface area contributed by atoms with E-state index in [0.717, 1.165) is 5.56 Å². The molecule has 1 atom stereocenters. The number of terminal acetylenes is 1. The third kappa shape index (κ3) is 4.52. The van der Waals surface area contributed by atoms with Gasteiger partial charge < -0.3 is 4.74 Å². The number of rotatable bonds is 6. The fraction of sp³-hybridized carbons (Fsp3) is 0.333. The number of azide groups is 1. The molecule has 82 valence electrons. The molecule has 0 bridgehead atoms. The average molecular weight is 215 g/mol. The van der Waals surface area contributed by atoms with Crippen molar-refractivity contribution in [2.45, 2.75) is 19.1 Å². The minimum absolute atomic E-state index is 0.300. The van der Waals surface area contributed by atoms with Gasteiger partial charge in [-0.25, -0.2) is 0 Å². The largest absolute Gasteiger partial charge is 0.361 e. The van der Waals surface area contributed by atoms with Gasteiger partial charge in [-0.3, -0.25) is 0 Å². The molecule has 1 unspecified atom stereocenters. The first kappa shape index (κ1) is 12.1. The van der Waals surface area contributed by atoms with Gasteiger partial charge >= 0.3 is 0 Å². The van der Waals surface area contributed by atoms with E-state index in [2.05, 4.69) is 15.9 Å². The van der Waals surface area contributed by atoms with Gasteiger partial charge in [-0.15, -0.1) is 6.42 Å². The Morgan fingerprint density at radius 3 is 2.81 bits per heavy atom. The quantitative estimate of drug-likeness (QED) is 0.311. The standard InChI is InChI=1S/C12H13N3O/c1-2-12(8-9-14-15-13)16-10-11-6-4-3-5-7-11/h1,3-7,12H,8-10H2. The monoisotopic (exact) mass is 215 g/mol. The van der Waals surface area contributed by atoms with Crippen molar-refractivity contribution in [2.24, 2.45) is 5.11 Å². The van der Waals surface area contributed by atoms with Gasteiger partial charge in [-0.2, -0.15) is 0 Å². The molecule has 0 saturated carbocycles. The molecule has 1 aromatic carbocycles. The summed E-state index contributed by atoms with van der Waals surface area (Å²) in [7, 11) is 0. The van der Waals surface area contributed by atoms with Crippen molar-refractivity contribution >= 4 is 0 Å². The van der Waals surface area contributed by atoms with Crippen LogP contribution in [0.1, 0.15) is 12.0 Å². The van der Waals surface area contributed by atoms with Crippen molar-refractivity contribution < 1.29 is 4.74 Å². The van der Waals surface area contributed by atoms with E-state index >= 15 is 0 Å². The van der Waals surface area contributed by atoms with Gasteiger partial charge in [0.15, 0.2) is 0 Å². The summed E-state index contributed by atoms with van der Waals surface area (Å²) >= 11 is 0. The topological polar surface area (TPSA) is 58.0 Å². The molecule has 0 saturated heterocycles. The summed E-state index contributed by atoms with van der Waals surface area (Å²) in [6.45, 7) is 0.839. The molecule has 0 aromatic heterocycles. The molecule has 0 heterocycles. The molecule has 0 amide bonds. The van der Waals surface area contributed by atoms with E-state index < -0.39 is 0 Å². The highest BCUT2D eigenvalue weighted by molar-refractivity contribution is 5.13. The van der Waals surface area contributed by atoms with Crippen LogP contribution in [-0.2, 0) is 11.3 Å². The number of hydrogen-bond acceptors (Lipinski definition) is 2. The summed E-state index contributed by atoms with van der Waals surface area (Å²) in [5, 5.41) is 3.42. The van der Waals surface area contributed by atoms with Gasteiger partial charge in [0.2, 0.25) is 0 Å². The lowest BCUT2D eigenvalue weighted by molar-refractivity contribution is 0.0744. The van der Waals surface area contributed by atoms with Crippen molar-refractivity contribution in [3.8, 4) is 12.3 Å². The van der Waals surface area contributed by atoms with Crippen LogP contribution in [-0.4, -0.2) is 12.6 Å². The van der Waals surface area contributed by atoms with Crippen LogP contribution in [0.3, 0.4) is 0 Å². The van der Waals surface area contributed by atoms with Gasteiger partial charge in [0.1, 0.15) is 6.10 Å². The van der Waals surface area contributed by atoms with Crippen LogP contribution in [0, 0.1) is 12.3 Å². The molecule has 1 rings (SSSR count). The van der Waals surface area contributed by atoms with E-state index in [-0.39, 0.29) is 6.10 Å². The molecular weight excluding hydrogens is 202 g/mol. The Bertz CT molecular complexity index is 390. The predicted octanol–water partition coefficient (Wildman–Crippen LogP) is 2.91. The highest BCUT2D eigenvalue weighted by atomic mass is 16.5. The van der Waals surface area contributed by atoms with Gasteiger partial charge in [-0.05, 0) is 17.5 Å². The number of hydrogen-bond donors (Lipinski definition) is 0. The zero-order valence-electron chi connectivity index (χ0n) is 8.91. The Hall–Kier alpha value is -1.95. The lowest BCUT2D eigenvalue weighted by atomic mass is 10.2. The third-order valence-corrected chi connectivity index (χ3v) is 2.03. The summed E-state index contributed by atoms with van der Waals surface area (Å²) in [6, 6.07) is 9.79. The van der Waals surface area contributed by atoms with E-state index in [4.69, 9.17) is 16.7 Å². The summed E-state index contributed by atoms with van der Waals surface area (Å²) in [5.41, 5.74) is 9.20. The first-order chi connectivity index (χ1) is 7.86. The third-order valence-electron chi connectivity index (χ3n) is 2.03. The van der Waals surface area contributed by atoms with Crippen molar-refractivity contribution in [1.82, 2.24) is 0 Å². The SMILES string of the molecule is C#CC(CCN=[N+]=[N-])OCc1ccccc1. The lowest BCUT2D eigenvalue weighted by Crippen LogP contribution is -2.11. The molecule has 0 fully saturated rings. The molecule has 0 N–H and O–H groups in total. The molecular formula is C12H13N3O. The second-order valence-electron chi connectivity index (χ2n) is 3.20. The first-order valence-corrected chi connectivity index (χ1v) is 4.99. The van der Waals surface area contributed by atoms with Gasteiger partial charge in [-0.1, -0.05) is 41.4 Å². The number of benzene rings is 1. The zero-order valence-corrected chi connectivity index (χ0v) is 8.91. The Morgan fingerprint density at radius 2 is 2.19 bits per heavy atom. The van der Waals surface area contributed by atoms with Crippen molar-refractivity contribution in [3.05, 3.63) is 46.3 Å². The van der Waals surface area contributed by atoms with E-state index in [1.54, 1.807) is 0 Å². The van der Waals surface area contributed by atoms with E-state index in [1.165, 1.54) is 0 Å². The normalized spacial score (nSPS) is 11.2. The van der Waals surface area contributed by atoms with Gasteiger partial charge in [0, 0.05) is 11.5 Å². The Kier molecular flexibility index (Phi) is 5.57. The van der Waals surface area contributed by atoms with Crippen LogP contribution in [0.4, 0.5) is 0 Å². The maximum atomic E-state index is 8.13. The molecule has 16 heavy (non-hydrogen) atoms. The molecule has 4 nitrogen and oxygen atoms in total. The van der Waals surface area contributed by atoms with Crippen molar-refractivity contribution in [2.75, 3.05) is 6.54 Å². The first-order valence-electron chi connectivity index (χ1n) is 4.99. The van der Waals surface area contributed by atoms with Crippen LogP contribution in [0.25, 0.3) is 10.4 Å². The van der Waals surface area contributed by atoms with Crippen molar-refractivity contribution in [1.29, 1.82) is 0 Å². The maximum Gasteiger partial charge on any atom is 0.118 e. The zero-order chi connectivity index (χ0) is 11.6. The minimum Gasteiger partial charge on any atom is -0.361 e. The minimum atomic E-state index is -0.300. The van der Waals surface area contributed by atoms with Gasteiger partial charge in [0.25, 0.3) is 0 Å². The van der Waals surface area contributed by atoms with Crippen LogP contribution in [0.15, 0.2) is 35.4 Å². The predicted molar refractivity (Wildman–Crippen MR) is 62.5 cm³/mol.